The van der Waals surface area contributed by atoms with E-state index in [9.17, 15) is 0 Å². The first kappa shape index (κ1) is 14.2. The fourth-order valence-corrected chi connectivity index (χ4v) is 2.31. The molecule has 1 aromatic heterocycles. The van der Waals surface area contributed by atoms with Crippen molar-refractivity contribution in [3.8, 4) is 0 Å². The number of nitrogens with zero attached hydrogens (tertiary/aromatic N) is 2. The summed E-state index contributed by atoms with van der Waals surface area (Å²) in [6, 6.07) is 8.12. The predicted molar refractivity (Wildman–Crippen MR) is 77.9 cm³/mol. The van der Waals surface area contributed by atoms with E-state index in [4.69, 9.17) is 10.3 Å². The van der Waals surface area contributed by atoms with E-state index >= 15 is 0 Å². The van der Waals surface area contributed by atoms with Crippen LogP contribution in [0.5, 0.6) is 0 Å². The summed E-state index contributed by atoms with van der Waals surface area (Å²) < 4.78 is 6.39. The third kappa shape index (κ3) is 3.64. The van der Waals surface area contributed by atoms with E-state index in [0.717, 1.165) is 16.5 Å². The smallest absolute Gasteiger partial charge is 0.231 e. The van der Waals surface area contributed by atoms with Crippen LogP contribution in [0.3, 0.4) is 0 Å². The van der Waals surface area contributed by atoms with E-state index in [0.29, 0.717) is 18.1 Å². The van der Waals surface area contributed by atoms with Gasteiger partial charge in [0.25, 0.3) is 0 Å². The van der Waals surface area contributed by atoms with Crippen molar-refractivity contribution in [3.05, 3.63) is 46.0 Å². The number of hydrogen-bond acceptors (Lipinski definition) is 4. The van der Waals surface area contributed by atoms with Crippen molar-refractivity contribution in [2.75, 3.05) is 0 Å². The molecule has 2 unspecified atom stereocenters. The third-order valence-corrected chi connectivity index (χ3v) is 3.68. The molecule has 2 rings (SSSR count). The van der Waals surface area contributed by atoms with Crippen molar-refractivity contribution in [3.63, 3.8) is 0 Å². The Labute approximate surface area is 121 Å². The zero-order valence-corrected chi connectivity index (χ0v) is 12.7. The maximum Gasteiger partial charge on any atom is 0.231 e. The van der Waals surface area contributed by atoms with Crippen LogP contribution in [0.25, 0.3) is 0 Å². The monoisotopic (exact) mass is 323 g/mol. The molecule has 4 nitrogen and oxygen atoms in total. The summed E-state index contributed by atoms with van der Waals surface area (Å²) >= 11 is 3.42. The lowest BCUT2D eigenvalue weighted by molar-refractivity contribution is 0.331. The summed E-state index contributed by atoms with van der Waals surface area (Å²) in [5, 5.41) is 4.03. The predicted octanol–water partition coefficient (Wildman–Crippen LogP) is 3.26. The van der Waals surface area contributed by atoms with Crippen LogP contribution in [0.1, 0.15) is 43.5 Å². The summed E-state index contributed by atoms with van der Waals surface area (Å²) in [7, 11) is 0. The highest BCUT2D eigenvalue weighted by molar-refractivity contribution is 9.10. The Morgan fingerprint density at radius 1 is 1.32 bits per heavy atom. The Hall–Kier alpha value is -1.20. The summed E-state index contributed by atoms with van der Waals surface area (Å²) in [6.07, 6.45) is 1.57. The number of benzene rings is 1. The average Bonchev–Trinajstić information content (AvgIpc) is 2.81. The van der Waals surface area contributed by atoms with Crippen LogP contribution in [-0.4, -0.2) is 16.2 Å². The third-order valence-electron chi connectivity index (χ3n) is 3.15. The van der Waals surface area contributed by atoms with Gasteiger partial charge in [0.05, 0.1) is 5.92 Å². The Kier molecular flexibility index (Phi) is 4.71. The summed E-state index contributed by atoms with van der Waals surface area (Å²) in [4.78, 5) is 4.45. The minimum absolute atomic E-state index is 0.0194. The lowest BCUT2D eigenvalue weighted by Crippen LogP contribution is -2.24. The molecule has 0 saturated heterocycles. The van der Waals surface area contributed by atoms with Crippen LogP contribution in [-0.2, 0) is 6.42 Å². The minimum Gasteiger partial charge on any atom is -0.339 e. The van der Waals surface area contributed by atoms with Gasteiger partial charge in [-0.05, 0) is 31.0 Å². The molecule has 0 saturated carbocycles. The minimum atomic E-state index is 0.0194. The second-order valence-corrected chi connectivity index (χ2v) is 5.64. The fourth-order valence-electron chi connectivity index (χ4n) is 2.05. The second kappa shape index (κ2) is 6.30. The van der Waals surface area contributed by atoms with Crippen LogP contribution in [0.2, 0.25) is 0 Å². The van der Waals surface area contributed by atoms with Gasteiger partial charge >= 0.3 is 0 Å². The highest BCUT2D eigenvalue weighted by Gasteiger charge is 2.20. The molecule has 0 aliphatic rings. The summed E-state index contributed by atoms with van der Waals surface area (Å²) in [6.45, 7) is 4.04. The first-order chi connectivity index (χ1) is 9.10. The molecule has 1 aromatic carbocycles. The van der Waals surface area contributed by atoms with Crippen LogP contribution in [0.4, 0.5) is 0 Å². The van der Waals surface area contributed by atoms with Gasteiger partial charge in [-0.3, -0.25) is 0 Å². The molecule has 102 valence electrons. The van der Waals surface area contributed by atoms with Gasteiger partial charge in [-0.25, -0.2) is 0 Å². The standard InChI is InChI=1S/C14H18BrN3O/c1-3-12(9(2)16)14-17-13(18-19-14)8-10-4-6-11(15)7-5-10/h4-7,9,12H,3,8,16H2,1-2H3. The van der Waals surface area contributed by atoms with Gasteiger partial charge in [0.1, 0.15) is 0 Å². The number of nitrogens with two attached hydrogens (primary N) is 1. The highest BCUT2D eigenvalue weighted by Crippen LogP contribution is 2.21. The molecule has 0 amide bonds. The SMILES string of the molecule is CCC(c1nc(Cc2ccc(Br)cc2)no1)C(C)N. The largest absolute Gasteiger partial charge is 0.339 e. The van der Waals surface area contributed by atoms with Gasteiger partial charge in [0.15, 0.2) is 5.82 Å². The van der Waals surface area contributed by atoms with Gasteiger partial charge < -0.3 is 10.3 Å². The molecule has 5 heteroatoms. The fraction of sp³-hybridized carbons (Fsp3) is 0.429. The Morgan fingerprint density at radius 2 is 2.00 bits per heavy atom. The molecule has 0 fully saturated rings. The van der Waals surface area contributed by atoms with Crippen LogP contribution < -0.4 is 5.73 Å². The van der Waals surface area contributed by atoms with E-state index in [1.165, 1.54) is 0 Å². The molecule has 0 bridgehead atoms. The summed E-state index contributed by atoms with van der Waals surface area (Å²) in [5.74, 6) is 1.48. The molecule has 2 N–H and O–H groups in total. The van der Waals surface area contributed by atoms with Gasteiger partial charge in [-0.15, -0.1) is 0 Å². The van der Waals surface area contributed by atoms with Crippen molar-refractivity contribution in [2.45, 2.75) is 38.6 Å². The molecule has 1 heterocycles. The Balaban J connectivity index is 2.10. The number of hydrogen-bond donors (Lipinski definition) is 1. The van der Waals surface area contributed by atoms with E-state index in [1.807, 2.05) is 31.2 Å². The quantitative estimate of drug-likeness (QED) is 0.917. The molecule has 0 aliphatic heterocycles. The lowest BCUT2D eigenvalue weighted by Gasteiger charge is -2.13. The van der Waals surface area contributed by atoms with Gasteiger partial charge in [-0.1, -0.05) is 40.1 Å². The first-order valence-electron chi connectivity index (χ1n) is 6.42. The van der Waals surface area contributed by atoms with Crippen LogP contribution in [0, 0.1) is 0 Å². The molecule has 2 atom stereocenters. The van der Waals surface area contributed by atoms with E-state index in [1.54, 1.807) is 0 Å². The maximum absolute atomic E-state index is 5.92. The molecule has 0 spiro atoms. The molecular formula is C14H18BrN3O. The second-order valence-electron chi connectivity index (χ2n) is 4.73. The summed E-state index contributed by atoms with van der Waals surface area (Å²) in [5.41, 5.74) is 7.08. The van der Waals surface area contributed by atoms with Crippen LogP contribution >= 0.6 is 15.9 Å². The molecule has 0 aliphatic carbocycles. The van der Waals surface area contributed by atoms with Gasteiger partial charge in [0, 0.05) is 16.9 Å². The van der Waals surface area contributed by atoms with Crippen molar-refractivity contribution < 1.29 is 4.52 Å². The van der Waals surface area contributed by atoms with E-state index < -0.39 is 0 Å². The first-order valence-corrected chi connectivity index (χ1v) is 7.22. The number of rotatable bonds is 5. The zero-order valence-electron chi connectivity index (χ0n) is 11.1. The van der Waals surface area contributed by atoms with Gasteiger partial charge in [-0.2, -0.15) is 4.98 Å². The van der Waals surface area contributed by atoms with E-state index in [-0.39, 0.29) is 12.0 Å². The normalized spacial score (nSPS) is 14.3. The zero-order chi connectivity index (χ0) is 13.8. The topological polar surface area (TPSA) is 64.9 Å². The lowest BCUT2D eigenvalue weighted by atomic mass is 9.99. The number of halogens is 1. The van der Waals surface area contributed by atoms with Crippen molar-refractivity contribution in [1.82, 2.24) is 10.1 Å². The van der Waals surface area contributed by atoms with Gasteiger partial charge in [0.2, 0.25) is 5.89 Å². The molecule has 2 aromatic rings. The molecule has 19 heavy (non-hydrogen) atoms. The maximum atomic E-state index is 5.92. The van der Waals surface area contributed by atoms with E-state index in [2.05, 4.69) is 33.0 Å². The number of aromatic nitrogens is 2. The molecular weight excluding hydrogens is 306 g/mol. The average molecular weight is 324 g/mol. The Bertz CT molecular complexity index is 522. The van der Waals surface area contributed by atoms with Crippen LogP contribution in [0.15, 0.2) is 33.3 Å². The van der Waals surface area contributed by atoms with Crippen molar-refractivity contribution >= 4 is 15.9 Å². The Morgan fingerprint density at radius 3 is 2.58 bits per heavy atom. The highest BCUT2D eigenvalue weighted by atomic mass is 79.9. The molecule has 0 radical (unpaired) electrons. The van der Waals surface area contributed by atoms with Crippen molar-refractivity contribution in [2.24, 2.45) is 5.73 Å². The van der Waals surface area contributed by atoms with Crippen molar-refractivity contribution in [1.29, 1.82) is 0 Å².